The van der Waals surface area contributed by atoms with E-state index in [4.69, 9.17) is 0 Å². The number of ether oxygens (including phenoxy) is 1. The zero-order valence-electron chi connectivity index (χ0n) is 7.67. The van der Waals surface area contributed by atoms with Gasteiger partial charge in [0.2, 0.25) is 6.43 Å². The first-order valence-corrected chi connectivity index (χ1v) is 4.09. The number of esters is 1. The average Bonchev–Trinajstić information content (AvgIpc) is 2.16. The van der Waals surface area contributed by atoms with Crippen LogP contribution in [0.1, 0.15) is 15.9 Å². The smallest absolute Gasteiger partial charge is 0.337 e. The molecule has 0 heterocycles. The average molecular weight is 200 g/mol. The number of rotatable bonds is 3. The van der Waals surface area contributed by atoms with Crippen LogP contribution in [0.15, 0.2) is 24.3 Å². The van der Waals surface area contributed by atoms with Crippen molar-refractivity contribution in [1.82, 2.24) is 0 Å². The highest BCUT2D eigenvalue weighted by atomic mass is 19.3. The molecule has 0 saturated carbocycles. The van der Waals surface area contributed by atoms with Gasteiger partial charge in [0.05, 0.1) is 12.7 Å². The molecule has 1 rings (SSSR count). The Kier molecular flexibility index (Phi) is 3.56. The van der Waals surface area contributed by atoms with E-state index in [1.54, 1.807) is 12.1 Å². The third-order valence-electron chi connectivity index (χ3n) is 1.74. The Morgan fingerprint density at radius 3 is 2.79 bits per heavy atom. The minimum atomic E-state index is -2.40. The molecular formula is C10H10F2O2. The summed E-state index contributed by atoms with van der Waals surface area (Å²) in [5.41, 5.74) is 0.730. The maximum absolute atomic E-state index is 12.0. The van der Waals surface area contributed by atoms with E-state index in [-0.39, 0.29) is 6.42 Å². The standard InChI is InChI=1S/C10H10F2O2/c1-14-10(13)8-4-2-3-7(5-8)6-9(11)12/h2-5,9H,6H2,1H3. The van der Waals surface area contributed by atoms with Gasteiger partial charge in [0.1, 0.15) is 0 Å². The van der Waals surface area contributed by atoms with Crippen molar-refractivity contribution in [2.75, 3.05) is 7.11 Å². The van der Waals surface area contributed by atoms with Gasteiger partial charge >= 0.3 is 5.97 Å². The van der Waals surface area contributed by atoms with E-state index in [2.05, 4.69) is 4.74 Å². The lowest BCUT2D eigenvalue weighted by molar-refractivity contribution is 0.0600. The van der Waals surface area contributed by atoms with Crippen molar-refractivity contribution in [2.24, 2.45) is 0 Å². The Labute approximate surface area is 80.5 Å². The van der Waals surface area contributed by atoms with Gasteiger partial charge < -0.3 is 4.74 Å². The summed E-state index contributed by atoms with van der Waals surface area (Å²) in [7, 11) is 1.25. The van der Waals surface area contributed by atoms with Crippen LogP contribution in [0.25, 0.3) is 0 Å². The zero-order chi connectivity index (χ0) is 10.6. The van der Waals surface area contributed by atoms with E-state index < -0.39 is 12.4 Å². The summed E-state index contributed by atoms with van der Waals surface area (Å²) in [4.78, 5) is 11.0. The molecule has 0 N–H and O–H groups in total. The molecule has 0 amide bonds. The maximum atomic E-state index is 12.0. The molecular weight excluding hydrogens is 190 g/mol. The lowest BCUT2D eigenvalue weighted by Crippen LogP contribution is -2.03. The summed E-state index contributed by atoms with van der Waals surface area (Å²) in [5.74, 6) is -0.513. The molecule has 1 aromatic rings. The first-order chi connectivity index (χ1) is 6.63. The Balaban J connectivity index is 2.84. The second-order valence-electron chi connectivity index (χ2n) is 2.79. The molecule has 0 spiro atoms. The van der Waals surface area contributed by atoms with Crippen molar-refractivity contribution < 1.29 is 18.3 Å². The first kappa shape index (κ1) is 10.6. The summed E-state index contributed by atoms with van der Waals surface area (Å²) in [6.45, 7) is 0. The van der Waals surface area contributed by atoms with Crippen molar-refractivity contribution in [1.29, 1.82) is 0 Å². The molecule has 76 valence electrons. The molecule has 0 unspecified atom stereocenters. The van der Waals surface area contributed by atoms with Crippen LogP contribution < -0.4 is 0 Å². The molecule has 0 aliphatic heterocycles. The van der Waals surface area contributed by atoms with E-state index in [1.807, 2.05) is 0 Å². The fourth-order valence-electron chi connectivity index (χ4n) is 1.12. The quantitative estimate of drug-likeness (QED) is 0.699. The van der Waals surface area contributed by atoms with Gasteiger partial charge in [0.25, 0.3) is 0 Å². The van der Waals surface area contributed by atoms with Crippen LogP contribution in [0.4, 0.5) is 8.78 Å². The molecule has 0 aromatic heterocycles. The molecule has 0 bridgehead atoms. The van der Waals surface area contributed by atoms with Crippen molar-refractivity contribution in [3.63, 3.8) is 0 Å². The largest absolute Gasteiger partial charge is 0.465 e. The number of methoxy groups -OCH3 is 1. The van der Waals surface area contributed by atoms with Gasteiger partial charge in [-0.2, -0.15) is 0 Å². The first-order valence-electron chi connectivity index (χ1n) is 4.09. The van der Waals surface area contributed by atoms with Crippen LogP contribution >= 0.6 is 0 Å². The van der Waals surface area contributed by atoms with Gasteiger partial charge in [-0.25, -0.2) is 13.6 Å². The lowest BCUT2D eigenvalue weighted by Gasteiger charge is -2.02. The molecule has 0 atom stereocenters. The Morgan fingerprint density at radius 1 is 1.50 bits per heavy atom. The molecule has 4 heteroatoms. The third-order valence-corrected chi connectivity index (χ3v) is 1.74. The Hall–Kier alpha value is -1.45. The lowest BCUT2D eigenvalue weighted by atomic mass is 10.1. The summed E-state index contributed by atoms with van der Waals surface area (Å²) >= 11 is 0. The predicted molar refractivity (Wildman–Crippen MR) is 47.5 cm³/mol. The number of hydrogen-bond donors (Lipinski definition) is 0. The van der Waals surface area contributed by atoms with Gasteiger partial charge in [0, 0.05) is 6.42 Å². The summed E-state index contributed by atoms with van der Waals surface area (Å²) < 4.78 is 28.5. The van der Waals surface area contributed by atoms with E-state index in [0.29, 0.717) is 11.1 Å². The summed E-state index contributed by atoms with van der Waals surface area (Å²) in [6, 6.07) is 6.06. The van der Waals surface area contributed by atoms with Gasteiger partial charge in [-0.05, 0) is 17.7 Å². The highest BCUT2D eigenvalue weighted by molar-refractivity contribution is 5.89. The fraction of sp³-hybridized carbons (Fsp3) is 0.300. The van der Waals surface area contributed by atoms with Crippen LogP contribution in [-0.4, -0.2) is 19.5 Å². The summed E-state index contributed by atoms with van der Waals surface area (Å²) in [6.07, 6.45) is -2.74. The topological polar surface area (TPSA) is 26.3 Å². The van der Waals surface area contributed by atoms with Gasteiger partial charge in [-0.1, -0.05) is 12.1 Å². The van der Waals surface area contributed by atoms with Crippen LogP contribution in [-0.2, 0) is 11.2 Å². The SMILES string of the molecule is COC(=O)c1cccc(CC(F)F)c1. The number of halogens is 2. The number of benzene rings is 1. The molecule has 2 nitrogen and oxygen atoms in total. The van der Waals surface area contributed by atoms with Crippen LogP contribution in [0, 0.1) is 0 Å². The second kappa shape index (κ2) is 4.69. The number of hydrogen-bond acceptors (Lipinski definition) is 2. The predicted octanol–water partition coefficient (Wildman–Crippen LogP) is 2.28. The normalized spacial score (nSPS) is 10.3. The fourth-order valence-corrected chi connectivity index (χ4v) is 1.12. The Bertz CT molecular complexity index is 324. The van der Waals surface area contributed by atoms with Crippen molar-refractivity contribution in [3.05, 3.63) is 35.4 Å². The van der Waals surface area contributed by atoms with Crippen molar-refractivity contribution in [2.45, 2.75) is 12.8 Å². The van der Waals surface area contributed by atoms with Crippen LogP contribution in [0.2, 0.25) is 0 Å². The minimum absolute atomic E-state index is 0.297. The number of carbonyl (C=O) groups is 1. The highest BCUT2D eigenvalue weighted by Gasteiger charge is 2.08. The van der Waals surface area contributed by atoms with E-state index in [0.717, 1.165) is 0 Å². The molecule has 0 radical (unpaired) electrons. The molecule has 0 aliphatic rings. The third kappa shape index (κ3) is 2.80. The van der Waals surface area contributed by atoms with Gasteiger partial charge in [-0.15, -0.1) is 0 Å². The van der Waals surface area contributed by atoms with Crippen LogP contribution in [0.5, 0.6) is 0 Å². The van der Waals surface area contributed by atoms with Gasteiger partial charge in [0.15, 0.2) is 0 Å². The van der Waals surface area contributed by atoms with E-state index in [9.17, 15) is 13.6 Å². The molecule has 0 saturated heterocycles. The summed E-state index contributed by atoms with van der Waals surface area (Å²) in [5, 5.41) is 0. The molecule has 1 aromatic carbocycles. The van der Waals surface area contributed by atoms with Crippen molar-refractivity contribution >= 4 is 5.97 Å². The number of carbonyl (C=O) groups excluding carboxylic acids is 1. The zero-order valence-corrected chi connectivity index (χ0v) is 7.67. The maximum Gasteiger partial charge on any atom is 0.337 e. The Morgan fingerprint density at radius 2 is 2.21 bits per heavy atom. The number of alkyl halides is 2. The van der Waals surface area contributed by atoms with E-state index in [1.165, 1.54) is 19.2 Å². The highest BCUT2D eigenvalue weighted by Crippen LogP contribution is 2.10. The molecule has 0 aliphatic carbocycles. The monoisotopic (exact) mass is 200 g/mol. The molecule has 14 heavy (non-hydrogen) atoms. The second-order valence-corrected chi connectivity index (χ2v) is 2.79. The van der Waals surface area contributed by atoms with Gasteiger partial charge in [-0.3, -0.25) is 0 Å². The van der Waals surface area contributed by atoms with Crippen LogP contribution in [0.3, 0.4) is 0 Å². The van der Waals surface area contributed by atoms with E-state index >= 15 is 0 Å². The minimum Gasteiger partial charge on any atom is -0.465 e. The van der Waals surface area contributed by atoms with Crippen molar-refractivity contribution in [3.8, 4) is 0 Å². The molecule has 0 fully saturated rings.